The lowest BCUT2D eigenvalue weighted by molar-refractivity contribution is -0.139. The summed E-state index contributed by atoms with van der Waals surface area (Å²) in [5, 5.41) is 3.49. The molecule has 2 amide bonds. The van der Waals surface area contributed by atoms with Crippen LogP contribution in [0.2, 0.25) is 5.02 Å². The van der Waals surface area contributed by atoms with Crippen LogP contribution in [0.5, 0.6) is 0 Å². The van der Waals surface area contributed by atoms with Gasteiger partial charge >= 0.3 is 0 Å². The zero-order chi connectivity index (χ0) is 26.5. The minimum Gasteiger partial charge on any atom is -0.352 e. The van der Waals surface area contributed by atoms with Gasteiger partial charge in [0, 0.05) is 22.1 Å². The van der Waals surface area contributed by atoms with Crippen LogP contribution < -0.4 is 9.62 Å². The molecule has 0 saturated heterocycles. The second-order valence-corrected chi connectivity index (χ2v) is 12.6. The predicted octanol–water partition coefficient (Wildman–Crippen LogP) is 5.04. The lowest BCUT2D eigenvalue weighted by atomic mass is 9.95. The van der Waals surface area contributed by atoms with Crippen molar-refractivity contribution in [3.63, 3.8) is 0 Å². The molecule has 0 spiro atoms. The maximum Gasteiger partial charge on any atom is 0.244 e. The molecule has 196 valence electrons. The van der Waals surface area contributed by atoms with Gasteiger partial charge in [-0.3, -0.25) is 13.9 Å². The van der Waals surface area contributed by atoms with Crippen molar-refractivity contribution in [1.29, 1.82) is 0 Å². The quantitative estimate of drug-likeness (QED) is 0.438. The first-order valence-corrected chi connectivity index (χ1v) is 15.1. The van der Waals surface area contributed by atoms with Gasteiger partial charge in [-0.15, -0.1) is 0 Å². The van der Waals surface area contributed by atoms with Gasteiger partial charge in [0.25, 0.3) is 0 Å². The maximum absolute atomic E-state index is 13.6. The van der Waals surface area contributed by atoms with Gasteiger partial charge in [0.2, 0.25) is 21.8 Å². The highest BCUT2D eigenvalue weighted by molar-refractivity contribution is 9.10. The van der Waals surface area contributed by atoms with Crippen molar-refractivity contribution in [2.45, 2.75) is 64.6 Å². The van der Waals surface area contributed by atoms with Crippen LogP contribution in [-0.4, -0.2) is 50.0 Å². The number of halogens is 2. The Morgan fingerprint density at radius 3 is 2.44 bits per heavy atom. The van der Waals surface area contributed by atoms with E-state index in [1.165, 1.54) is 17.4 Å². The third-order valence-corrected chi connectivity index (χ3v) is 8.52. The van der Waals surface area contributed by atoms with Crippen LogP contribution >= 0.6 is 27.5 Å². The fraction of sp³-hybridized carbons (Fsp3) is 0.462. The molecule has 0 bridgehead atoms. The first-order valence-electron chi connectivity index (χ1n) is 12.0. The number of nitrogens with one attached hydrogen (secondary N) is 1. The number of amides is 2. The average Bonchev–Trinajstić information content (AvgIpc) is 2.82. The van der Waals surface area contributed by atoms with Gasteiger partial charge in [0.1, 0.15) is 12.6 Å². The Morgan fingerprint density at radius 2 is 1.83 bits per heavy atom. The normalized spacial score (nSPS) is 15.2. The highest BCUT2D eigenvalue weighted by Gasteiger charge is 2.31. The number of hydrogen-bond donors (Lipinski definition) is 1. The van der Waals surface area contributed by atoms with Crippen molar-refractivity contribution in [2.75, 3.05) is 17.1 Å². The molecule has 1 atom stereocenters. The van der Waals surface area contributed by atoms with Crippen LogP contribution in [-0.2, 0) is 26.2 Å². The number of benzene rings is 2. The first kappa shape index (κ1) is 28.5. The van der Waals surface area contributed by atoms with Crippen LogP contribution in [0, 0.1) is 6.92 Å². The minimum atomic E-state index is -3.81. The second kappa shape index (κ2) is 12.4. The number of hydrogen-bond acceptors (Lipinski definition) is 4. The van der Waals surface area contributed by atoms with Gasteiger partial charge < -0.3 is 10.2 Å². The van der Waals surface area contributed by atoms with Crippen LogP contribution in [0.25, 0.3) is 0 Å². The second-order valence-electron chi connectivity index (χ2n) is 9.37. The smallest absolute Gasteiger partial charge is 0.244 e. The molecule has 1 fully saturated rings. The SMILES string of the molecule is Cc1ccc(N(CC(=O)N(Cc2cccc(Br)c2)[C@@H](C)C(=O)NC2CCCCC2)S(C)(=O)=O)cc1Cl. The molecule has 10 heteroatoms. The van der Waals surface area contributed by atoms with Crippen molar-refractivity contribution in [2.24, 2.45) is 0 Å². The number of nitrogens with zero attached hydrogens (tertiary/aromatic N) is 2. The summed E-state index contributed by atoms with van der Waals surface area (Å²) in [6, 6.07) is 11.6. The zero-order valence-corrected chi connectivity index (χ0v) is 24.0. The van der Waals surface area contributed by atoms with Gasteiger partial charge in [0.05, 0.1) is 11.9 Å². The molecule has 2 aromatic rings. The van der Waals surface area contributed by atoms with E-state index in [2.05, 4.69) is 21.2 Å². The Kier molecular flexibility index (Phi) is 9.83. The molecule has 0 radical (unpaired) electrons. The Labute approximate surface area is 227 Å². The predicted molar refractivity (Wildman–Crippen MR) is 148 cm³/mol. The van der Waals surface area contributed by atoms with Crippen molar-refractivity contribution < 1.29 is 18.0 Å². The number of carbonyl (C=O) groups is 2. The Bertz CT molecular complexity index is 1200. The molecule has 1 aliphatic rings. The molecule has 2 aromatic carbocycles. The lowest BCUT2D eigenvalue weighted by Gasteiger charge is -2.33. The molecule has 0 aliphatic heterocycles. The molecular formula is C26H33BrClN3O4S. The van der Waals surface area contributed by atoms with Gasteiger partial charge in [0.15, 0.2) is 0 Å². The van der Waals surface area contributed by atoms with Crippen LogP contribution in [0.15, 0.2) is 46.9 Å². The standard InChI is InChI=1S/C26H33BrClN3O4S/c1-18-12-13-23(15-24(18)28)31(36(3,34)35)17-25(32)30(16-20-8-7-9-21(27)14-20)19(2)26(33)29-22-10-5-4-6-11-22/h7-9,12-15,19,22H,4-6,10-11,16-17H2,1-3H3,(H,29,33)/t19-/m0/s1. The average molecular weight is 599 g/mol. The third kappa shape index (κ3) is 7.70. The number of sulfonamides is 1. The number of carbonyl (C=O) groups excluding carboxylic acids is 2. The van der Waals surface area contributed by atoms with Crippen LogP contribution in [0.1, 0.15) is 50.2 Å². The van der Waals surface area contributed by atoms with E-state index >= 15 is 0 Å². The molecule has 1 aliphatic carbocycles. The van der Waals surface area contributed by atoms with Crippen molar-refractivity contribution >= 4 is 55.1 Å². The van der Waals surface area contributed by atoms with Crippen molar-refractivity contribution in [3.8, 4) is 0 Å². The first-order chi connectivity index (χ1) is 17.0. The number of aryl methyl sites for hydroxylation is 1. The third-order valence-electron chi connectivity index (χ3n) is 6.48. The van der Waals surface area contributed by atoms with Gasteiger partial charge in [-0.1, -0.05) is 65.0 Å². The molecule has 0 heterocycles. The summed E-state index contributed by atoms with van der Waals surface area (Å²) in [6.07, 6.45) is 6.21. The molecule has 7 nitrogen and oxygen atoms in total. The molecule has 36 heavy (non-hydrogen) atoms. The van der Waals surface area contributed by atoms with Crippen molar-refractivity contribution in [3.05, 3.63) is 63.1 Å². The topological polar surface area (TPSA) is 86.8 Å². The molecule has 3 rings (SSSR count). The Morgan fingerprint density at radius 1 is 1.14 bits per heavy atom. The fourth-order valence-corrected chi connectivity index (χ4v) is 5.80. The maximum atomic E-state index is 13.6. The van der Waals surface area contributed by atoms with Gasteiger partial charge in [-0.2, -0.15) is 0 Å². The fourth-order valence-electron chi connectivity index (χ4n) is 4.33. The summed E-state index contributed by atoms with van der Waals surface area (Å²) < 4.78 is 27.2. The molecule has 1 saturated carbocycles. The summed E-state index contributed by atoms with van der Waals surface area (Å²) in [6.45, 7) is 3.20. The van der Waals surface area contributed by atoms with E-state index in [1.807, 2.05) is 31.2 Å². The lowest BCUT2D eigenvalue weighted by Crippen LogP contribution is -2.52. The van der Waals surface area contributed by atoms with Crippen LogP contribution in [0.4, 0.5) is 5.69 Å². The Hall–Kier alpha value is -2.10. The monoisotopic (exact) mass is 597 g/mol. The highest BCUT2D eigenvalue weighted by atomic mass is 79.9. The zero-order valence-electron chi connectivity index (χ0n) is 20.8. The van der Waals surface area contributed by atoms with Crippen LogP contribution in [0.3, 0.4) is 0 Å². The van der Waals surface area contributed by atoms with Crippen molar-refractivity contribution in [1.82, 2.24) is 10.2 Å². The summed E-state index contributed by atoms with van der Waals surface area (Å²) >= 11 is 9.69. The van der Waals surface area contributed by atoms with E-state index in [-0.39, 0.29) is 18.5 Å². The summed E-state index contributed by atoms with van der Waals surface area (Å²) in [4.78, 5) is 28.3. The molecule has 0 aromatic heterocycles. The minimum absolute atomic E-state index is 0.0961. The van der Waals surface area contributed by atoms with E-state index in [9.17, 15) is 18.0 Å². The summed E-state index contributed by atoms with van der Waals surface area (Å²) in [5.74, 6) is -0.724. The molecule has 0 unspecified atom stereocenters. The van der Waals surface area contributed by atoms with E-state index in [4.69, 9.17) is 11.6 Å². The Balaban J connectivity index is 1.88. The highest BCUT2D eigenvalue weighted by Crippen LogP contribution is 2.26. The molecule has 1 N–H and O–H groups in total. The number of rotatable bonds is 9. The van der Waals surface area contributed by atoms with E-state index in [1.54, 1.807) is 19.1 Å². The van der Waals surface area contributed by atoms with E-state index in [0.717, 1.165) is 51.8 Å². The van der Waals surface area contributed by atoms with Gasteiger partial charge in [-0.05, 0) is 62.1 Å². The van der Waals surface area contributed by atoms with Gasteiger partial charge in [-0.25, -0.2) is 8.42 Å². The number of anilines is 1. The van der Waals surface area contributed by atoms with E-state index in [0.29, 0.717) is 10.7 Å². The summed E-state index contributed by atoms with van der Waals surface area (Å²) in [7, 11) is -3.81. The largest absolute Gasteiger partial charge is 0.352 e. The molecular weight excluding hydrogens is 566 g/mol. The van der Waals surface area contributed by atoms with E-state index < -0.39 is 28.5 Å². The summed E-state index contributed by atoms with van der Waals surface area (Å²) in [5.41, 5.74) is 1.91.